The van der Waals surface area contributed by atoms with Gasteiger partial charge in [-0.3, -0.25) is 14.7 Å². The Balaban J connectivity index is 1.56. The van der Waals surface area contributed by atoms with E-state index in [1.165, 1.54) is 11.8 Å². The molecule has 0 bridgehead atoms. The van der Waals surface area contributed by atoms with E-state index < -0.39 is 0 Å². The maximum absolute atomic E-state index is 13.2. The molecule has 0 saturated carbocycles. The van der Waals surface area contributed by atoms with E-state index in [4.69, 9.17) is 21.7 Å². The van der Waals surface area contributed by atoms with Crippen LogP contribution in [0.25, 0.3) is 6.08 Å². The van der Waals surface area contributed by atoms with E-state index in [9.17, 15) is 4.79 Å². The van der Waals surface area contributed by atoms with E-state index in [1.54, 1.807) is 18.2 Å². The first kappa shape index (κ1) is 24.3. The minimum atomic E-state index is -0.154. The van der Waals surface area contributed by atoms with Gasteiger partial charge < -0.3 is 14.4 Å². The van der Waals surface area contributed by atoms with Gasteiger partial charge in [0.05, 0.1) is 27.9 Å². The van der Waals surface area contributed by atoms with Crippen molar-refractivity contribution >= 4 is 67.6 Å². The Hall–Kier alpha value is -2.88. The van der Waals surface area contributed by atoms with Crippen molar-refractivity contribution in [2.24, 2.45) is 0 Å². The van der Waals surface area contributed by atoms with Gasteiger partial charge in [0.2, 0.25) is 0 Å². The molecule has 4 rings (SSSR count). The minimum absolute atomic E-state index is 0.154. The number of halogens is 1. The van der Waals surface area contributed by atoms with Crippen LogP contribution in [0.4, 0.5) is 11.4 Å². The molecule has 1 aliphatic rings. The highest BCUT2D eigenvalue weighted by Crippen LogP contribution is 2.40. The Morgan fingerprint density at radius 3 is 2.59 bits per heavy atom. The van der Waals surface area contributed by atoms with E-state index in [1.807, 2.05) is 79.7 Å². The number of carbonyl (C=O) groups is 1. The van der Waals surface area contributed by atoms with Crippen molar-refractivity contribution < 1.29 is 14.3 Å². The number of benzene rings is 2. The van der Waals surface area contributed by atoms with Gasteiger partial charge in [-0.2, -0.15) is 0 Å². The predicted molar refractivity (Wildman–Crippen MR) is 146 cm³/mol. The summed E-state index contributed by atoms with van der Waals surface area (Å²) in [5, 5.41) is 0. The number of hydrogen-bond donors (Lipinski definition) is 0. The van der Waals surface area contributed by atoms with Crippen LogP contribution >= 0.6 is 39.9 Å². The standard InChI is InChI=1S/C25H22BrN3O3S2/c1-28(2)18-7-9-19(10-8-18)29-24(30)22(34-25(29)33)14-16-12-20(26)23(21(13-16)31-3)32-15-17-6-4-5-11-27-17/h4-14H,15H2,1-3H3/b22-14+. The van der Waals surface area contributed by atoms with E-state index in [0.29, 0.717) is 31.8 Å². The summed E-state index contributed by atoms with van der Waals surface area (Å²) in [6, 6.07) is 17.1. The average molecular weight is 557 g/mol. The minimum Gasteiger partial charge on any atom is -0.493 e. The third-order valence-electron chi connectivity index (χ3n) is 5.06. The Morgan fingerprint density at radius 1 is 1.18 bits per heavy atom. The topological polar surface area (TPSA) is 54.9 Å². The van der Waals surface area contributed by atoms with Crippen LogP contribution in [0.5, 0.6) is 11.5 Å². The summed E-state index contributed by atoms with van der Waals surface area (Å²) in [5.41, 5.74) is 3.39. The number of aromatic nitrogens is 1. The molecule has 1 fully saturated rings. The van der Waals surface area contributed by atoms with Crippen LogP contribution in [0.3, 0.4) is 0 Å². The zero-order valence-electron chi connectivity index (χ0n) is 18.8. The third-order valence-corrected chi connectivity index (χ3v) is 6.95. The summed E-state index contributed by atoms with van der Waals surface area (Å²) in [6.45, 7) is 0.306. The number of rotatable bonds is 7. The zero-order chi connectivity index (χ0) is 24.2. The second kappa shape index (κ2) is 10.6. The number of hydrogen-bond acceptors (Lipinski definition) is 7. The summed E-state index contributed by atoms with van der Waals surface area (Å²) in [5.74, 6) is 0.961. The first-order chi connectivity index (χ1) is 16.4. The van der Waals surface area contributed by atoms with Crippen molar-refractivity contribution in [2.75, 3.05) is 31.0 Å². The zero-order valence-corrected chi connectivity index (χ0v) is 22.0. The third kappa shape index (κ3) is 5.27. The lowest BCUT2D eigenvalue weighted by Gasteiger charge is -2.17. The highest BCUT2D eigenvalue weighted by atomic mass is 79.9. The number of nitrogens with zero attached hydrogens (tertiary/aromatic N) is 3. The van der Waals surface area contributed by atoms with Gasteiger partial charge >= 0.3 is 0 Å². The van der Waals surface area contributed by atoms with Gasteiger partial charge in [0.1, 0.15) is 6.61 Å². The fraction of sp³-hybridized carbons (Fsp3) is 0.160. The van der Waals surface area contributed by atoms with Crippen molar-refractivity contribution in [2.45, 2.75) is 6.61 Å². The Morgan fingerprint density at radius 2 is 1.94 bits per heavy atom. The smallest absolute Gasteiger partial charge is 0.270 e. The number of ether oxygens (including phenoxy) is 2. The Kier molecular flexibility index (Phi) is 7.55. The largest absolute Gasteiger partial charge is 0.493 e. The lowest BCUT2D eigenvalue weighted by Crippen LogP contribution is -2.27. The van der Waals surface area contributed by atoms with Gasteiger partial charge in [-0.25, -0.2) is 0 Å². The molecule has 2 aromatic carbocycles. The number of amides is 1. The van der Waals surface area contributed by atoms with Crippen LogP contribution in [0.1, 0.15) is 11.3 Å². The Bertz CT molecular complexity index is 1250. The molecule has 0 N–H and O–H groups in total. The Labute approximate surface area is 216 Å². The molecule has 1 aliphatic heterocycles. The fourth-order valence-corrected chi connectivity index (χ4v) is 5.21. The summed E-state index contributed by atoms with van der Waals surface area (Å²) < 4.78 is 12.7. The number of thioether (sulfide) groups is 1. The number of carbonyl (C=O) groups excluding carboxylic acids is 1. The van der Waals surface area contributed by atoms with E-state index in [0.717, 1.165) is 22.6 Å². The molecule has 34 heavy (non-hydrogen) atoms. The van der Waals surface area contributed by atoms with Crippen molar-refractivity contribution in [3.63, 3.8) is 0 Å². The molecule has 1 aromatic heterocycles. The molecular formula is C25H22BrN3O3S2. The fourth-order valence-electron chi connectivity index (χ4n) is 3.33. The van der Waals surface area contributed by atoms with Crippen molar-refractivity contribution in [3.8, 4) is 11.5 Å². The van der Waals surface area contributed by atoms with Crippen LogP contribution in [-0.2, 0) is 11.4 Å². The number of methoxy groups -OCH3 is 1. The molecule has 0 atom stereocenters. The first-order valence-electron chi connectivity index (χ1n) is 10.3. The van der Waals surface area contributed by atoms with Crippen molar-refractivity contribution in [3.05, 3.63) is 81.4 Å². The molecule has 9 heteroatoms. The normalized spacial score (nSPS) is 14.6. The van der Waals surface area contributed by atoms with Crippen LogP contribution < -0.4 is 19.3 Å². The first-order valence-corrected chi connectivity index (χ1v) is 12.3. The van der Waals surface area contributed by atoms with E-state index >= 15 is 0 Å². The maximum atomic E-state index is 13.2. The summed E-state index contributed by atoms with van der Waals surface area (Å²) in [6.07, 6.45) is 3.53. The highest BCUT2D eigenvalue weighted by Gasteiger charge is 2.33. The van der Waals surface area contributed by atoms with Crippen molar-refractivity contribution in [1.82, 2.24) is 4.98 Å². The number of thiocarbonyl (C=S) groups is 1. The average Bonchev–Trinajstić information content (AvgIpc) is 3.11. The summed E-state index contributed by atoms with van der Waals surface area (Å²) in [4.78, 5) is 21.5. The van der Waals surface area contributed by atoms with Gasteiger partial charge in [-0.15, -0.1) is 0 Å². The summed E-state index contributed by atoms with van der Waals surface area (Å²) in [7, 11) is 5.52. The van der Waals surface area contributed by atoms with E-state index in [-0.39, 0.29) is 5.91 Å². The quantitative estimate of drug-likeness (QED) is 0.265. The monoisotopic (exact) mass is 555 g/mol. The van der Waals surface area contributed by atoms with Gasteiger partial charge in [-0.05, 0) is 76.1 Å². The van der Waals surface area contributed by atoms with Crippen LogP contribution in [0, 0.1) is 0 Å². The van der Waals surface area contributed by atoms with Crippen molar-refractivity contribution in [1.29, 1.82) is 0 Å². The lowest BCUT2D eigenvalue weighted by molar-refractivity contribution is -0.113. The SMILES string of the molecule is COc1cc(/C=C2/SC(=S)N(c3ccc(N(C)C)cc3)C2=O)cc(Br)c1OCc1ccccn1. The van der Waals surface area contributed by atoms with Crippen LogP contribution in [0.15, 0.2) is 70.2 Å². The van der Waals surface area contributed by atoms with Gasteiger partial charge in [0.25, 0.3) is 5.91 Å². The highest BCUT2D eigenvalue weighted by molar-refractivity contribution is 9.10. The molecule has 3 aromatic rings. The molecular weight excluding hydrogens is 534 g/mol. The van der Waals surface area contributed by atoms with Gasteiger partial charge in [-0.1, -0.05) is 30.0 Å². The van der Waals surface area contributed by atoms with E-state index in [2.05, 4.69) is 20.9 Å². The summed E-state index contributed by atoms with van der Waals surface area (Å²) >= 11 is 10.4. The van der Waals surface area contributed by atoms with Crippen LogP contribution in [0.2, 0.25) is 0 Å². The molecule has 174 valence electrons. The molecule has 1 amide bonds. The molecule has 0 radical (unpaired) electrons. The molecule has 6 nitrogen and oxygen atoms in total. The van der Waals surface area contributed by atoms with Gasteiger partial charge in [0, 0.05) is 26.0 Å². The number of anilines is 2. The second-order valence-corrected chi connectivity index (χ2v) is 10.1. The van der Waals surface area contributed by atoms with Gasteiger partial charge in [0.15, 0.2) is 15.8 Å². The lowest BCUT2D eigenvalue weighted by atomic mass is 10.1. The van der Waals surface area contributed by atoms with Crippen LogP contribution in [-0.4, -0.2) is 36.4 Å². The molecule has 1 saturated heterocycles. The number of pyridine rings is 1. The molecule has 2 heterocycles. The predicted octanol–water partition coefficient (Wildman–Crippen LogP) is 5.90. The second-order valence-electron chi connectivity index (χ2n) is 7.57. The molecule has 0 spiro atoms. The molecule has 0 aliphatic carbocycles. The molecule has 0 unspecified atom stereocenters. The maximum Gasteiger partial charge on any atom is 0.270 e.